The molecular formula is C30H46. The lowest BCUT2D eigenvalue weighted by molar-refractivity contribution is -0.164. The summed E-state index contributed by atoms with van der Waals surface area (Å²) in [4.78, 5) is 0. The second kappa shape index (κ2) is 6.76. The Balaban J connectivity index is 1.24. The zero-order valence-electron chi connectivity index (χ0n) is 19.4. The molecule has 14 unspecified atom stereocenters. The van der Waals surface area contributed by atoms with Crippen molar-refractivity contribution in [3.05, 3.63) is 0 Å². The third-order valence-corrected chi connectivity index (χ3v) is 13.7. The van der Waals surface area contributed by atoms with Gasteiger partial charge in [0, 0.05) is 0 Å². The highest BCUT2D eigenvalue weighted by Gasteiger charge is 2.66. The summed E-state index contributed by atoms with van der Waals surface area (Å²) in [6.45, 7) is 0. The van der Waals surface area contributed by atoms with Gasteiger partial charge < -0.3 is 0 Å². The van der Waals surface area contributed by atoms with Crippen molar-refractivity contribution >= 4 is 0 Å². The second-order valence-corrected chi connectivity index (χ2v) is 14.1. The first kappa shape index (κ1) is 18.4. The van der Waals surface area contributed by atoms with E-state index in [1.807, 2.05) is 0 Å². The van der Waals surface area contributed by atoms with Crippen LogP contribution in [0.2, 0.25) is 0 Å². The Morgan fingerprint density at radius 3 is 1.73 bits per heavy atom. The number of rotatable bonds is 0. The molecule has 8 aliphatic rings. The van der Waals surface area contributed by atoms with Gasteiger partial charge in [-0.15, -0.1) is 0 Å². The summed E-state index contributed by atoms with van der Waals surface area (Å²) in [6.07, 6.45) is 26.1. The van der Waals surface area contributed by atoms with Crippen molar-refractivity contribution in [2.75, 3.05) is 0 Å². The van der Waals surface area contributed by atoms with E-state index in [2.05, 4.69) is 0 Å². The predicted octanol–water partition coefficient (Wildman–Crippen LogP) is 7.96. The molecular weight excluding hydrogens is 360 g/mol. The highest BCUT2D eigenvalue weighted by atomic mass is 14.7. The summed E-state index contributed by atoms with van der Waals surface area (Å²) in [5.41, 5.74) is 0. The molecule has 0 spiro atoms. The van der Waals surface area contributed by atoms with Gasteiger partial charge in [-0.1, -0.05) is 51.4 Å². The second-order valence-electron chi connectivity index (χ2n) is 14.1. The van der Waals surface area contributed by atoms with Gasteiger partial charge in [-0.05, 0) is 134 Å². The van der Waals surface area contributed by atoms with Gasteiger partial charge in [0.2, 0.25) is 0 Å². The molecule has 0 N–H and O–H groups in total. The summed E-state index contributed by atoms with van der Waals surface area (Å²) >= 11 is 0. The largest absolute Gasteiger partial charge is 0.0530 e. The minimum absolute atomic E-state index is 1.16. The Morgan fingerprint density at radius 2 is 0.867 bits per heavy atom. The van der Waals surface area contributed by atoms with E-state index in [0.29, 0.717) is 0 Å². The Hall–Kier alpha value is 0. The molecule has 0 nitrogen and oxygen atoms in total. The van der Waals surface area contributed by atoms with Crippen molar-refractivity contribution in [3.63, 3.8) is 0 Å². The molecule has 0 heterocycles. The van der Waals surface area contributed by atoms with Crippen LogP contribution in [-0.4, -0.2) is 0 Å². The van der Waals surface area contributed by atoms with Crippen molar-refractivity contribution in [2.24, 2.45) is 82.9 Å². The lowest BCUT2D eigenvalue weighted by Gasteiger charge is -2.64. The molecule has 0 saturated heterocycles. The molecule has 0 aromatic carbocycles. The SMILES string of the molecule is C1CCC2C(C1)CC1C2CC2CCC3CCCC4C5CC6CCCCC6C5C1C2C34. The zero-order valence-corrected chi connectivity index (χ0v) is 19.4. The van der Waals surface area contributed by atoms with Crippen LogP contribution >= 0.6 is 0 Å². The van der Waals surface area contributed by atoms with E-state index in [-0.39, 0.29) is 0 Å². The minimum atomic E-state index is 1.16. The van der Waals surface area contributed by atoms with Crippen LogP contribution in [0.5, 0.6) is 0 Å². The fourth-order valence-corrected chi connectivity index (χ4v) is 13.4. The van der Waals surface area contributed by atoms with Crippen LogP contribution in [0.15, 0.2) is 0 Å². The minimum Gasteiger partial charge on any atom is -0.0530 e. The van der Waals surface area contributed by atoms with Gasteiger partial charge in [-0.2, -0.15) is 0 Å². The van der Waals surface area contributed by atoms with Gasteiger partial charge in [0.05, 0.1) is 0 Å². The van der Waals surface area contributed by atoms with Gasteiger partial charge in [0.1, 0.15) is 0 Å². The maximum Gasteiger partial charge on any atom is -0.0315 e. The molecule has 0 radical (unpaired) electrons. The van der Waals surface area contributed by atoms with Gasteiger partial charge in [0.15, 0.2) is 0 Å². The first-order valence-electron chi connectivity index (χ1n) is 14.9. The van der Waals surface area contributed by atoms with Crippen LogP contribution in [0.1, 0.15) is 103 Å². The summed E-state index contributed by atoms with van der Waals surface area (Å²) in [7, 11) is 0. The van der Waals surface area contributed by atoms with Crippen LogP contribution in [0.4, 0.5) is 0 Å². The molecule has 8 saturated carbocycles. The van der Waals surface area contributed by atoms with Crippen molar-refractivity contribution in [1.82, 2.24) is 0 Å². The van der Waals surface area contributed by atoms with Crippen LogP contribution < -0.4 is 0 Å². The van der Waals surface area contributed by atoms with Crippen LogP contribution in [-0.2, 0) is 0 Å². The zero-order chi connectivity index (χ0) is 19.4. The Kier molecular flexibility index (Phi) is 4.15. The maximum atomic E-state index is 1.70. The van der Waals surface area contributed by atoms with Gasteiger partial charge in [-0.3, -0.25) is 0 Å². The third kappa shape index (κ3) is 2.36. The van der Waals surface area contributed by atoms with Crippen molar-refractivity contribution in [1.29, 1.82) is 0 Å². The lowest BCUT2D eigenvalue weighted by Crippen LogP contribution is -2.59. The topological polar surface area (TPSA) is 0 Å². The molecule has 8 fully saturated rings. The smallest absolute Gasteiger partial charge is 0.0315 e. The Labute approximate surface area is 185 Å². The molecule has 0 bridgehead atoms. The predicted molar refractivity (Wildman–Crippen MR) is 123 cm³/mol. The van der Waals surface area contributed by atoms with E-state index in [0.717, 1.165) is 17.8 Å². The molecule has 0 aliphatic heterocycles. The average Bonchev–Trinajstić information content (AvgIpc) is 3.36. The fourth-order valence-electron chi connectivity index (χ4n) is 13.4. The molecule has 8 aliphatic carbocycles. The molecule has 166 valence electrons. The molecule has 0 heteroatoms. The normalized spacial score (nSPS) is 63.2. The standard InChI is InChI=1S/C30H46/c1-3-9-21-18(6-1)14-26-24(21)16-20-13-12-17-8-5-11-23-25-15-19-7-2-4-10-22(19)29(25)30(26)28(20)27(17)23/h17-30H,1-16H2. The van der Waals surface area contributed by atoms with Crippen molar-refractivity contribution in [2.45, 2.75) is 103 Å². The average molecular weight is 407 g/mol. The number of fused-ring (bicyclic) bond motifs is 9. The van der Waals surface area contributed by atoms with E-state index in [9.17, 15) is 0 Å². The maximum absolute atomic E-state index is 1.70. The van der Waals surface area contributed by atoms with Crippen molar-refractivity contribution < 1.29 is 0 Å². The quantitative estimate of drug-likeness (QED) is 0.383. The summed E-state index contributed by atoms with van der Waals surface area (Å²) in [6, 6.07) is 0. The highest BCUT2D eigenvalue weighted by molar-refractivity contribution is 5.15. The van der Waals surface area contributed by atoms with Crippen LogP contribution in [0, 0.1) is 82.9 Å². The van der Waals surface area contributed by atoms with E-state index < -0.39 is 0 Å². The van der Waals surface area contributed by atoms with Crippen LogP contribution in [0.25, 0.3) is 0 Å². The number of hydrogen-bond acceptors (Lipinski definition) is 0. The summed E-state index contributed by atoms with van der Waals surface area (Å²) < 4.78 is 0. The first-order chi connectivity index (χ1) is 14.9. The van der Waals surface area contributed by atoms with Crippen molar-refractivity contribution in [3.8, 4) is 0 Å². The lowest BCUT2D eigenvalue weighted by atomic mass is 9.40. The Morgan fingerprint density at radius 1 is 0.267 bits per heavy atom. The van der Waals surface area contributed by atoms with E-state index in [4.69, 9.17) is 0 Å². The summed E-state index contributed by atoms with van der Waals surface area (Å²) in [5, 5.41) is 0. The molecule has 0 aromatic rings. The molecule has 8 rings (SSSR count). The molecule has 14 atom stereocenters. The molecule has 0 aromatic heterocycles. The fraction of sp³-hybridized carbons (Fsp3) is 1.00. The third-order valence-electron chi connectivity index (χ3n) is 13.7. The summed E-state index contributed by atoms with van der Waals surface area (Å²) in [5.74, 6) is 16.6. The highest BCUT2D eigenvalue weighted by Crippen LogP contribution is 2.73. The molecule has 30 heavy (non-hydrogen) atoms. The Bertz CT molecular complexity index is 680. The van der Waals surface area contributed by atoms with E-state index in [1.165, 1.54) is 65.1 Å². The monoisotopic (exact) mass is 406 g/mol. The van der Waals surface area contributed by atoms with Gasteiger partial charge in [-0.25, -0.2) is 0 Å². The first-order valence-corrected chi connectivity index (χ1v) is 14.9. The van der Waals surface area contributed by atoms with Gasteiger partial charge >= 0.3 is 0 Å². The van der Waals surface area contributed by atoms with Gasteiger partial charge in [0.25, 0.3) is 0 Å². The molecule has 0 amide bonds. The van der Waals surface area contributed by atoms with E-state index in [1.54, 1.807) is 103 Å². The van der Waals surface area contributed by atoms with Crippen LogP contribution in [0.3, 0.4) is 0 Å². The number of hydrogen-bond donors (Lipinski definition) is 0. The van der Waals surface area contributed by atoms with E-state index >= 15 is 0 Å².